The first-order valence-electron chi connectivity index (χ1n) is 9.12. The molecule has 0 radical (unpaired) electrons. The molecule has 1 aliphatic rings. The Hall–Kier alpha value is -1.02. The van der Waals surface area contributed by atoms with E-state index in [0.29, 0.717) is 25.1 Å². The number of nitrogens with zero attached hydrogens (tertiary/aromatic N) is 2. The predicted octanol–water partition coefficient (Wildman–Crippen LogP) is 2.98. The molecule has 0 aliphatic carbocycles. The van der Waals surface area contributed by atoms with E-state index in [2.05, 4.69) is 65.6 Å². The number of aliphatic hydroxyl groups is 1. The van der Waals surface area contributed by atoms with Crippen LogP contribution in [0, 0.1) is 5.92 Å². The summed E-state index contributed by atoms with van der Waals surface area (Å²) in [6.07, 6.45) is 2.16. The summed E-state index contributed by atoms with van der Waals surface area (Å²) in [5.41, 5.74) is 2.48. The summed E-state index contributed by atoms with van der Waals surface area (Å²) in [7, 11) is 0. The van der Waals surface area contributed by atoms with Gasteiger partial charge < -0.3 is 20.6 Å². The average Bonchev–Trinajstić information content (AvgIpc) is 2.60. The third-order valence-corrected chi connectivity index (χ3v) is 4.36. The first kappa shape index (κ1) is 22.0. The van der Waals surface area contributed by atoms with Crippen LogP contribution in [0.5, 0.6) is 0 Å². The highest BCUT2D eigenvalue weighted by Crippen LogP contribution is 2.23. The van der Waals surface area contributed by atoms with E-state index in [9.17, 15) is 5.11 Å². The number of piperidine rings is 1. The standard InChI is InChI=1S/C19H32N4O.HI/c1-4-20-19(22-15(2)3)21-13-16-5-7-18(8-6-16)23-11-9-17(14-24)10-12-23;/h5-8,15,17,24H,4,9-14H2,1-3H3,(H2,20,21,22);1H. The van der Waals surface area contributed by atoms with Gasteiger partial charge in [-0.1, -0.05) is 12.1 Å². The van der Waals surface area contributed by atoms with Crippen LogP contribution in [0.25, 0.3) is 0 Å². The van der Waals surface area contributed by atoms with E-state index in [1.807, 2.05) is 0 Å². The van der Waals surface area contributed by atoms with Gasteiger partial charge in [0, 0.05) is 38.0 Å². The summed E-state index contributed by atoms with van der Waals surface area (Å²) in [6, 6.07) is 9.07. The lowest BCUT2D eigenvalue weighted by Crippen LogP contribution is -2.41. The normalized spacial score (nSPS) is 15.9. The highest BCUT2D eigenvalue weighted by Gasteiger charge is 2.18. The Balaban J connectivity index is 0.00000312. The van der Waals surface area contributed by atoms with Crippen molar-refractivity contribution < 1.29 is 5.11 Å². The van der Waals surface area contributed by atoms with Crippen molar-refractivity contribution >= 4 is 35.6 Å². The smallest absolute Gasteiger partial charge is 0.191 e. The zero-order chi connectivity index (χ0) is 17.4. The van der Waals surface area contributed by atoms with Crippen molar-refractivity contribution in [3.05, 3.63) is 29.8 Å². The average molecular weight is 460 g/mol. The van der Waals surface area contributed by atoms with Crippen molar-refractivity contribution in [3.63, 3.8) is 0 Å². The Morgan fingerprint density at radius 3 is 2.40 bits per heavy atom. The van der Waals surface area contributed by atoms with Crippen molar-refractivity contribution in [1.29, 1.82) is 0 Å². The van der Waals surface area contributed by atoms with Gasteiger partial charge in [0.2, 0.25) is 0 Å². The van der Waals surface area contributed by atoms with E-state index >= 15 is 0 Å². The van der Waals surface area contributed by atoms with Gasteiger partial charge in [-0.15, -0.1) is 24.0 Å². The number of hydrogen-bond acceptors (Lipinski definition) is 3. The number of aliphatic imine (C=N–C) groups is 1. The minimum absolute atomic E-state index is 0. The first-order valence-corrected chi connectivity index (χ1v) is 9.12. The lowest BCUT2D eigenvalue weighted by molar-refractivity contribution is 0.203. The summed E-state index contributed by atoms with van der Waals surface area (Å²) in [4.78, 5) is 7.05. The maximum Gasteiger partial charge on any atom is 0.191 e. The van der Waals surface area contributed by atoms with E-state index in [0.717, 1.165) is 38.4 Å². The third kappa shape index (κ3) is 7.40. The van der Waals surface area contributed by atoms with Crippen LogP contribution in [-0.2, 0) is 6.54 Å². The lowest BCUT2D eigenvalue weighted by atomic mass is 9.97. The number of anilines is 1. The number of benzene rings is 1. The maximum absolute atomic E-state index is 9.24. The quantitative estimate of drug-likeness (QED) is 0.347. The zero-order valence-corrected chi connectivity index (χ0v) is 18.0. The van der Waals surface area contributed by atoms with E-state index in [4.69, 9.17) is 0 Å². The molecule has 0 amide bonds. The molecule has 1 aliphatic heterocycles. The minimum atomic E-state index is 0. The van der Waals surface area contributed by atoms with Crippen LogP contribution >= 0.6 is 24.0 Å². The number of aliphatic hydroxyl groups excluding tert-OH is 1. The van der Waals surface area contributed by atoms with Crippen LogP contribution in [-0.4, -0.2) is 43.3 Å². The van der Waals surface area contributed by atoms with Crippen LogP contribution in [0.2, 0.25) is 0 Å². The number of rotatable bonds is 6. The molecule has 25 heavy (non-hydrogen) atoms. The largest absolute Gasteiger partial charge is 0.396 e. The first-order chi connectivity index (χ1) is 11.6. The highest BCUT2D eigenvalue weighted by molar-refractivity contribution is 14.0. The number of hydrogen-bond donors (Lipinski definition) is 3. The van der Waals surface area contributed by atoms with Gasteiger partial charge in [-0.2, -0.15) is 0 Å². The second-order valence-electron chi connectivity index (χ2n) is 6.77. The summed E-state index contributed by atoms with van der Waals surface area (Å²) < 4.78 is 0. The van der Waals surface area contributed by atoms with Crippen molar-refractivity contribution in [2.24, 2.45) is 10.9 Å². The molecule has 1 aromatic carbocycles. The van der Waals surface area contributed by atoms with Gasteiger partial charge in [-0.05, 0) is 57.2 Å². The Morgan fingerprint density at radius 2 is 1.88 bits per heavy atom. The molecule has 5 nitrogen and oxygen atoms in total. The highest BCUT2D eigenvalue weighted by atomic mass is 127. The molecule has 3 N–H and O–H groups in total. The molecule has 1 aromatic rings. The molecule has 1 heterocycles. The fourth-order valence-electron chi connectivity index (χ4n) is 2.95. The Bertz CT molecular complexity index is 511. The molecule has 1 saturated heterocycles. The topological polar surface area (TPSA) is 59.9 Å². The zero-order valence-electron chi connectivity index (χ0n) is 15.7. The van der Waals surface area contributed by atoms with Crippen LogP contribution in [0.4, 0.5) is 5.69 Å². The van der Waals surface area contributed by atoms with Crippen LogP contribution < -0.4 is 15.5 Å². The van der Waals surface area contributed by atoms with Crippen molar-refractivity contribution in [3.8, 4) is 0 Å². The molecular weight excluding hydrogens is 427 g/mol. The molecule has 1 fully saturated rings. The SMILES string of the molecule is CCNC(=NCc1ccc(N2CCC(CO)CC2)cc1)NC(C)C.I. The van der Waals surface area contributed by atoms with Gasteiger partial charge in [0.15, 0.2) is 5.96 Å². The molecule has 0 saturated carbocycles. The van der Waals surface area contributed by atoms with Gasteiger partial charge in [-0.25, -0.2) is 4.99 Å². The lowest BCUT2D eigenvalue weighted by Gasteiger charge is -2.32. The van der Waals surface area contributed by atoms with Crippen molar-refractivity contribution in [1.82, 2.24) is 10.6 Å². The van der Waals surface area contributed by atoms with Crippen molar-refractivity contribution in [2.45, 2.75) is 46.2 Å². The molecule has 2 rings (SSSR count). The fourth-order valence-corrected chi connectivity index (χ4v) is 2.95. The van der Waals surface area contributed by atoms with E-state index in [1.165, 1.54) is 11.3 Å². The summed E-state index contributed by atoms with van der Waals surface area (Å²) in [6.45, 7) is 10.2. The van der Waals surface area contributed by atoms with E-state index in [-0.39, 0.29) is 24.0 Å². The Kier molecular flexibility index (Phi) is 10.2. The molecule has 0 unspecified atom stereocenters. The molecule has 0 spiro atoms. The second kappa shape index (κ2) is 11.6. The maximum atomic E-state index is 9.24. The number of guanidine groups is 1. The molecule has 6 heteroatoms. The van der Waals surface area contributed by atoms with Gasteiger partial charge >= 0.3 is 0 Å². The summed E-state index contributed by atoms with van der Waals surface area (Å²) >= 11 is 0. The monoisotopic (exact) mass is 460 g/mol. The van der Waals surface area contributed by atoms with Gasteiger partial charge in [0.25, 0.3) is 0 Å². The van der Waals surface area contributed by atoms with Crippen LogP contribution in [0.15, 0.2) is 29.3 Å². The van der Waals surface area contributed by atoms with Gasteiger partial charge in [0.1, 0.15) is 0 Å². The van der Waals surface area contributed by atoms with E-state index < -0.39 is 0 Å². The minimum Gasteiger partial charge on any atom is -0.396 e. The third-order valence-electron chi connectivity index (χ3n) is 4.36. The van der Waals surface area contributed by atoms with Crippen LogP contribution in [0.1, 0.15) is 39.2 Å². The molecular formula is C19H33IN4O. The van der Waals surface area contributed by atoms with E-state index in [1.54, 1.807) is 0 Å². The summed E-state index contributed by atoms with van der Waals surface area (Å²) in [5.74, 6) is 1.34. The summed E-state index contributed by atoms with van der Waals surface area (Å²) in [5, 5.41) is 15.8. The van der Waals surface area contributed by atoms with Crippen molar-refractivity contribution in [2.75, 3.05) is 31.1 Å². The molecule has 142 valence electrons. The molecule has 0 aromatic heterocycles. The Morgan fingerprint density at radius 1 is 1.24 bits per heavy atom. The number of halogens is 1. The molecule has 0 bridgehead atoms. The number of nitrogens with one attached hydrogen (secondary N) is 2. The fraction of sp³-hybridized carbons (Fsp3) is 0.632. The Labute approximate surface area is 169 Å². The predicted molar refractivity (Wildman–Crippen MR) is 117 cm³/mol. The van der Waals surface area contributed by atoms with Crippen LogP contribution in [0.3, 0.4) is 0 Å². The molecule has 0 atom stereocenters. The second-order valence-corrected chi connectivity index (χ2v) is 6.77. The van der Waals surface area contributed by atoms with Gasteiger partial charge in [-0.3, -0.25) is 0 Å². The van der Waals surface area contributed by atoms with Gasteiger partial charge in [0.05, 0.1) is 6.54 Å².